The summed E-state index contributed by atoms with van der Waals surface area (Å²) in [6, 6.07) is 14.2. The Labute approximate surface area is 139 Å². The molecule has 24 heavy (non-hydrogen) atoms. The van der Waals surface area contributed by atoms with Gasteiger partial charge in [-0.15, -0.1) is 0 Å². The Morgan fingerprint density at radius 1 is 1.00 bits per heavy atom. The van der Waals surface area contributed by atoms with Crippen LogP contribution in [0.4, 0.5) is 0 Å². The molecule has 6 nitrogen and oxygen atoms in total. The number of pyridine rings is 1. The van der Waals surface area contributed by atoms with Crippen LogP contribution in [0.5, 0.6) is 0 Å². The molecule has 6 heteroatoms. The maximum absolute atomic E-state index is 4.48. The normalized spacial score (nSPS) is 10.9. The minimum absolute atomic E-state index is 0.788. The van der Waals surface area contributed by atoms with Crippen LogP contribution >= 0.6 is 0 Å². The molecule has 0 aliphatic heterocycles. The van der Waals surface area contributed by atoms with Gasteiger partial charge < -0.3 is 4.57 Å². The van der Waals surface area contributed by atoms with Gasteiger partial charge in [-0.05, 0) is 24.6 Å². The lowest BCUT2D eigenvalue weighted by atomic mass is 10.1. The highest BCUT2D eigenvalue weighted by Gasteiger charge is 2.10. The number of hydrogen-bond acceptors (Lipinski definition) is 4. The van der Waals surface area contributed by atoms with Crippen molar-refractivity contribution in [3.8, 4) is 22.6 Å². The van der Waals surface area contributed by atoms with E-state index in [4.69, 9.17) is 0 Å². The second-order valence-corrected chi connectivity index (χ2v) is 5.60. The van der Waals surface area contributed by atoms with Crippen molar-refractivity contribution in [1.82, 2.24) is 29.9 Å². The lowest BCUT2D eigenvalue weighted by molar-refractivity contribution is 0.797. The van der Waals surface area contributed by atoms with Gasteiger partial charge in [-0.1, -0.05) is 30.3 Å². The summed E-state index contributed by atoms with van der Waals surface area (Å²) in [5.74, 6) is 0. The Morgan fingerprint density at radius 3 is 2.67 bits per heavy atom. The summed E-state index contributed by atoms with van der Waals surface area (Å²) in [6.07, 6.45) is 5.61. The fourth-order valence-electron chi connectivity index (χ4n) is 2.65. The molecule has 0 fully saturated rings. The summed E-state index contributed by atoms with van der Waals surface area (Å²) in [5, 5.41) is 10.9. The fraction of sp³-hybridized carbons (Fsp3) is 0.111. The average Bonchev–Trinajstić information content (AvgIpc) is 3.25. The third-order valence-electron chi connectivity index (χ3n) is 3.86. The first-order valence-electron chi connectivity index (χ1n) is 7.69. The van der Waals surface area contributed by atoms with Crippen LogP contribution in [0, 0.1) is 6.92 Å². The van der Waals surface area contributed by atoms with Gasteiger partial charge in [0.25, 0.3) is 0 Å². The van der Waals surface area contributed by atoms with Crippen LogP contribution in [0.15, 0.2) is 61.2 Å². The van der Waals surface area contributed by atoms with Gasteiger partial charge in [0.1, 0.15) is 11.4 Å². The highest BCUT2D eigenvalue weighted by molar-refractivity contribution is 5.67. The SMILES string of the molecule is Cc1n[nH]nc1-c1ccnc(-c2cn(Cc3ccccc3)cn2)c1. The lowest BCUT2D eigenvalue weighted by Gasteiger charge is -2.02. The molecule has 0 aliphatic rings. The summed E-state index contributed by atoms with van der Waals surface area (Å²) in [4.78, 5) is 8.92. The summed E-state index contributed by atoms with van der Waals surface area (Å²) >= 11 is 0. The van der Waals surface area contributed by atoms with Crippen LogP contribution in [-0.2, 0) is 6.54 Å². The van der Waals surface area contributed by atoms with Gasteiger partial charge in [-0.2, -0.15) is 15.4 Å². The molecule has 0 radical (unpaired) electrons. The molecule has 0 saturated carbocycles. The number of aromatic nitrogens is 6. The molecule has 0 atom stereocenters. The van der Waals surface area contributed by atoms with Gasteiger partial charge in [0.2, 0.25) is 0 Å². The molecule has 1 N–H and O–H groups in total. The van der Waals surface area contributed by atoms with Gasteiger partial charge in [0.15, 0.2) is 0 Å². The van der Waals surface area contributed by atoms with Gasteiger partial charge in [0.05, 0.1) is 17.7 Å². The smallest absolute Gasteiger partial charge is 0.115 e. The number of H-pyrrole nitrogens is 1. The number of benzene rings is 1. The van der Waals surface area contributed by atoms with Gasteiger partial charge in [-0.3, -0.25) is 4.98 Å². The molecule has 3 heterocycles. The third-order valence-corrected chi connectivity index (χ3v) is 3.86. The van der Waals surface area contributed by atoms with Crippen molar-refractivity contribution in [2.75, 3.05) is 0 Å². The van der Waals surface area contributed by atoms with E-state index in [1.807, 2.05) is 49.8 Å². The summed E-state index contributed by atoms with van der Waals surface area (Å²) in [7, 11) is 0. The van der Waals surface area contributed by atoms with Crippen LogP contribution in [0.1, 0.15) is 11.3 Å². The van der Waals surface area contributed by atoms with Gasteiger partial charge in [0, 0.05) is 24.5 Å². The van der Waals surface area contributed by atoms with Crippen LogP contribution in [0.3, 0.4) is 0 Å². The Bertz CT molecular complexity index is 954. The third kappa shape index (κ3) is 2.81. The number of nitrogens with zero attached hydrogens (tertiary/aromatic N) is 5. The molecule has 0 saturated heterocycles. The number of aromatic amines is 1. The zero-order valence-electron chi connectivity index (χ0n) is 13.2. The molecule has 3 aromatic heterocycles. The first-order valence-corrected chi connectivity index (χ1v) is 7.69. The molecule has 0 bridgehead atoms. The second kappa shape index (κ2) is 6.08. The van der Waals surface area contributed by atoms with E-state index >= 15 is 0 Å². The van der Waals surface area contributed by atoms with Crippen molar-refractivity contribution in [3.05, 3.63) is 72.4 Å². The Kier molecular flexibility index (Phi) is 3.63. The maximum Gasteiger partial charge on any atom is 0.115 e. The zero-order valence-corrected chi connectivity index (χ0v) is 13.2. The van der Waals surface area contributed by atoms with Crippen LogP contribution < -0.4 is 0 Å². The first kappa shape index (κ1) is 14.3. The largest absolute Gasteiger partial charge is 0.332 e. The standard InChI is InChI=1S/C18H16N6/c1-13-18(22-23-21-13)15-7-8-19-16(9-15)17-11-24(12-20-17)10-14-5-3-2-4-6-14/h2-9,11-12H,10H2,1H3,(H,21,22,23). The molecule has 4 aromatic rings. The Morgan fingerprint density at radius 2 is 1.88 bits per heavy atom. The van der Waals surface area contributed by atoms with E-state index in [0.29, 0.717) is 0 Å². The Balaban J connectivity index is 1.62. The molecular weight excluding hydrogens is 300 g/mol. The zero-order chi connectivity index (χ0) is 16.4. The van der Waals surface area contributed by atoms with Crippen molar-refractivity contribution < 1.29 is 0 Å². The summed E-state index contributed by atoms with van der Waals surface area (Å²) in [6.45, 7) is 2.71. The average molecular weight is 316 g/mol. The van der Waals surface area contributed by atoms with Crippen molar-refractivity contribution >= 4 is 0 Å². The van der Waals surface area contributed by atoms with E-state index in [-0.39, 0.29) is 0 Å². The predicted molar refractivity (Wildman–Crippen MR) is 91.1 cm³/mol. The summed E-state index contributed by atoms with van der Waals surface area (Å²) < 4.78 is 2.06. The highest BCUT2D eigenvalue weighted by atomic mass is 15.3. The van der Waals surface area contributed by atoms with Crippen LogP contribution in [-0.4, -0.2) is 29.9 Å². The van der Waals surface area contributed by atoms with E-state index < -0.39 is 0 Å². The molecule has 118 valence electrons. The lowest BCUT2D eigenvalue weighted by Crippen LogP contribution is -1.95. The number of hydrogen-bond donors (Lipinski definition) is 1. The first-order chi connectivity index (χ1) is 11.8. The number of nitrogens with one attached hydrogen (secondary N) is 1. The minimum atomic E-state index is 0.788. The van der Waals surface area contributed by atoms with E-state index in [0.717, 1.165) is 34.9 Å². The Hall–Kier alpha value is -3.28. The molecule has 0 aliphatic carbocycles. The monoisotopic (exact) mass is 316 g/mol. The van der Waals surface area contributed by atoms with Crippen molar-refractivity contribution in [2.24, 2.45) is 0 Å². The van der Waals surface area contributed by atoms with Crippen molar-refractivity contribution in [3.63, 3.8) is 0 Å². The summed E-state index contributed by atoms with van der Waals surface area (Å²) in [5.41, 5.74) is 5.57. The number of imidazole rings is 1. The highest BCUT2D eigenvalue weighted by Crippen LogP contribution is 2.23. The van der Waals surface area contributed by atoms with Crippen molar-refractivity contribution in [2.45, 2.75) is 13.5 Å². The molecule has 4 rings (SSSR count). The quantitative estimate of drug-likeness (QED) is 0.628. The van der Waals surface area contributed by atoms with Crippen molar-refractivity contribution in [1.29, 1.82) is 0 Å². The predicted octanol–water partition coefficient (Wildman–Crippen LogP) is 3.09. The number of aryl methyl sites for hydroxylation is 1. The van der Waals surface area contributed by atoms with Gasteiger partial charge >= 0.3 is 0 Å². The van der Waals surface area contributed by atoms with Crippen LogP contribution in [0.2, 0.25) is 0 Å². The molecule has 0 spiro atoms. The topological polar surface area (TPSA) is 72.3 Å². The molecule has 0 unspecified atom stereocenters. The molecule has 0 amide bonds. The molecule has 1 aromatic carbocycles. The van der Waals surface area contributed by atoms with E-state index in [9.17, 15) is 0 Å². The van der Waals surface area contributed by atoms with E-state index in [2.05, 4.69) is 42.1 Å². The van der Waals surface area contributed by atoms with Gasteiger partial charge in [-0.25, -0.2) is 4.98 Å². The molecular formula is C18H16N6. The fourth-order valence-corrected chi connectivity index (χ4v) is 2.65. The maximum atomic E-state index is 4.48. The van der Waals surface area contributed by atoms with E-state index in [1.165, 1.54) is 5.56 Å². The minimum Gasteiger partial charge on any atom is -0.332 e. The second-order valence-electron chi connectivity index (χ2n) is 5.60. The number of rotatable bonds is 4. The van der Waals surface area contributed by atoms with E-state index in [1.54, 1.807) is 6.20 Å². The van der Waals surface area contributed by atoms with Crippen LogP contribution in [0.25, 0.3) is 22.6 Å².